The predicted octanol–water partition coefficient (Wildman–Crippen LogP) is 2.20. The third-order valence-electron chi connectivity index (χ3n) is 3.66. The van der Waals surface area contributed by atoms with Crippen LogP contribution in [-0.4, -0.2) is 35.1 Å². The molecule has 0 aromatic heterocycles. The van der Waals surface area contributed by atoms with Crippen LogP contribution in [-0.2, 0) is 4.79 Å². The fraction of sp³-hybridized carbons (Fsp3) is 0.400. The quantitative estimate of drug-likeness (QED) is 0.891. The topological polar surface area (TPSA) is 93.4 Å². The number of urea groups is 1. The highest BCUT2D eigenvalue weighted by Crippen LogP contribution is 2.22. The van der Waals surface area contributed by atoms with E-state index in [1.54, 1.807) is 17.0 Å². The van der Waals surface area contributed by atoms with E-state index in [1.807, 2.05) is 13.0 Å². The van der Waals surface area contributed by atoms with Crippen LogP contribution in [0.25, 0.3) is 0 Å². The van der Waals surface area contributed by atoms with Crippen LogP contribution in [0.15, 0.2) is 18.2 Å². The molecule has 0 radical (unpaired) electrons. The maximum atomic E-state index is 12.2. The molecular formula is C15H17N3O3. The number of carbonyl (C=O) groups excluding carboxylic acids is 1. The summed E-state index contributed by atoms with van der Waals surface area (Å²) in [6, 6.07) is 7.08. The molecule has 0 spiro atoms. The van der Waals surface area contributed by atoms with Crippen molar-refractivity contribution < 1.29 is 14.7 Å². The summed E-state index contributed by atoms with van der Waals surface area (Å²) in [6.45, 7) is 2.79. The minimum atomic E-state index is -0.840. The maximum Gasteiger partial charge on any atom is 0.321 e. The number of nitrogens with one attached hydrogen (secondary N) is 1. The fourth-order valence-corrected chi connectivity index (χ4v) is 2.55. The number of amides is 2. The highest BCUT2D eigenvalue weighted by Gasteiger charge is 2.28. The zero-order valence-corrected chi connectivity index (χ0v) is 11.8. The summed E-state index contributed by atoms with van der Waals surface area (Å²) in [6.07, 6.45) is 0.774. The first-order valence-electron chi connectivity index (χ1n) is 6.78. The number of hydrogen-bond acceptors (Lipinski definition) is 3. The average molecular weight is 287 g/mol. The molecule has 2 rings (SSSR count). The van der Waals surface area contributed by atoms with E-state index in [0.717, 1.165) is 5.56 Å². The molecule has 1 aliphatic rings. The number of nitrogens with zero attached hydrogens (tertiary/aromatic N) is 2. The van der Waals surface area contributed by atoms with E-state index in [2.05, 4.69) is 11.4 Å². The minimum absolute atomic E-state index is 0.00111. The second-order valence-electron chi connectivity index (χ2n) is 5.24. The molecule has 2 N–H and O–H groups in total. The number of nitriles is 1. The van der Waals surface area contributed by atoms with Gasteiger partial charge in [0, 0.05) is 19.5 Å². The number of anilines is 1. The van der Waals surface area contributed by atoms with Crippen molar-refractivity contribution in [3.05, 3.63) is 29.3 Å². The Labute approximate surface area is 123 Å². The minimum Gasteiger partial charge on any atom is -0.481 e. The molecule has 1 atom stereocenters. The molecule has 1 aromatic carbocycles. The van der Waals surface area contributed by atoms with Gasteiger partial charge < -0.3 is 15.3 Å². The summed E-state index contributed by atoms with van der Waals surface area (Å²) in [5.41, 5.74) is 1.75. The van der Waals surface area contributed by atoms with E-state index in [9.17, 15) is 9.59 Å². The van der Waals surface area contributed by atoms with Crippen molar-refractivity contribution in [2.45, 2.75) is 19.8 Å². The number of hydrogen-bond donors (Lipinski definition) is 2. The fourth-order valence-electron chi connectivity index (χ4n) is 2.55. The summed E-state index contributed by atoms with van der Waals surface area (Å²) in [4.78, 5) is 24.5. The third-order valence-corrected chi connectivity index (χ3v) is 3.66. The molecule has 0 saturated carbocycles. The number of likely N-dealkylation sites (tertiary alicyclic amines) is 1. The smallest absolute Gasteiger partial charge is 0.321 e. The molecular weight excluding hydrogens is 270 g/mol. The molecule has 1 aliphatic heterocycles. The first-order chi connectivity index (χ1) is 10.0. The van der Waals surface area contributed by atoms with Crippen LogP contribution in [0.5, 0.6) is 0 Å². The summed E-state index contributed by atoms with van der Waals surface area (Å²) in [7, 11) is 0. The molecule has 0 bridgehead atoms. The Morgan fingerprint density at radius 2 is 2.29 bits per heavy atom. The molecule has 1 aromatic rings. The first kappa shape index (κ1) is 14.9. The van der Waals surface area contributed by atoms with Crippen LogP contribution in [0.1, 0.15) is 24.0 Å². The Kier molecular flexibility index (Phi) is 4.43. The van der Waals surface area contributed by atoms with Gasteiger partial charge in [-0.15, -0.1) is 0 Å². The number of carboxylic acid groups (broad SMARTS) is 1. The number of aryl methyl sites for hydroxylation is 1. The summed E-state index contributed by atoms with van der Waals surface area (Å²) in [5, 5.41) is 20.7. The van der Waals surface area contributed by atoms with Gasteiger partial charge in [-0.3, -0.25) is 4.79 Å². The Balaban J connectivity index is 2.02. The third kappa shape index (κ3) is 3.51. The SMILES string of the molecule is Cc1cccc(NC(=O)N2CCC(CC(=O)O)C2)c1C#N. The maximum absolute atomic E-state index is 12.2. The lowest BCUT2D eigenvalue weighted by molar-refractivity contribution is -0.138. The van der Waals surface area contributed by atoms with Gasteiger partial charge in [-0.2, -0.15) is 5.26 Å². The molecule has 1 unspecified atom stereocenters. The second-order valence-corrected chi connectivity index (χ2v) is 5.24. The van der Waals surface area contributed by atoms with E-state index < -0.39 is 5.97 Å². The van der Waals surface area contributed by atoms with E-state index in [0.29, 0.717) is 30.8 Å². The summed E-state index contributed by atoms with van der Waals surface area (Å²) < 4.78 is 0. The van der Waals surface area contributed by atoms with Gasteiger partial charge in [-0.05, 0) is 30.9 Å². The number of carboxylic acids is 1. The van der Waals surface area contributed by atoms with Crippen molar-refractivity contribution in [1.82, 2.24) is 4.90 Å². The monoisotopic (exact) mass is 287 g/mol. The van der Waals surface area contributed by atoms with Gasteiger partial charge in [0.05, 0.1) is 11.3 Å². The molecule has 110 valence electrons. The largest absolute Gasteiger partial charge is 0.481 e. The van der Waals surface area contributed by atoms with Crippen molar-refractivity contribution in [3.8, 4) is 6.07 Å². The second kappa shape index (κ2) is 6.27. The van der Waals surface area contributed by atoms with Crippen molar-refractivity contribution in [2.24, 2.45) is 5.92 Å². The Morgan fingerprint density at radius 1 is 1.52 bits per heavy atom. The Hall–Kier alpha value is -2.55. The first-order valence-corrected chi connectivity index (χ1v) is 6.78. The average Bonchev–Trinajstić information content (AvgIpc) is 2.86. The zero-order valence-electron chi connectivity index (χ0n) is 11.8. The highest BCUT2D eigenvalue weighted by molar-refractivity contribution is 5.91. The normalized spacial score (nSPS) is 17.3. The van der Waals surface area contributed by atoms with Crippen LogP contribution in [0, 0.1) is 24.2 Å². The molecule has 1 heterocycles. The number of rotatable bonds is 3. The van der Waals surface area contributed by atoms with Gasteiger partial charge in [0.2, 0.25) is 0 Å². The van der Waals surface area contributed by atoms with Crippen LogP contribution in [0.2, 0.25) is 0 Å². The molecule has 2 amide bonds. The molecule has 6 heteroatoms. The van der Waals surface area contributed by atoms with Gasteiger partial charge in [0.15, 0.2) is 0 Å². The molecule has 1 saturated heterocycles. The molecule has 6 nitrogen and oxygen atoms in total. The van der Waals surface area contributed by atoms with Gasteiger partial charge in [0.1, 0.15) is 6.07 Å². The van der Waals surface area contributed by atoms with Crippen LogP contribution >= 0.6 is 0 Å². The van der Waals surface area contributed by atoms with Crippen molar-refractivity contribution in [2.75, 3.05) is 18.4 Å². The van der Waals surface area contributed by atoms with E-state index in [-0.39, 0.29) is 18.4 Å². The van der Waals surface area contributed by atoms with Gasteiger partial charge in [-0.1, -0.05) is 12.1 Å². The van der Waals surface area contributed by atoms with E-state index in [4.69, 9.17) is 10.4 Å². The Morgan fingerprint density at radius 3 is 2.95 bits per heavy atom. The van der Waals surface area contributed by atoms with E-state index in [1.165, 1.54) is 0 Å². The lowest BCUT2D eigenvalue weighted by Gasteiger charge is -2.18. The molecule has 0 aliphatic carbocycles. The number of aliphatic carboxylic acids is 1. The summed E-state index contributed by atoms with van der Waals surface area (Å²) >= 11 is 0. The van der Waals surface area contributed by atoms with Crippen molar-refractivity contribution in [3.63, 3.8) is 0 Å². The van der Waals surface area contributed by atoms with Gasteiger partial charge in [0.25, 0.3) is 0 Å². The summed E-state index contributed by atoms with van der Waals surface area (Å²) in [5.74, 6) is -0.839. The van der Waals surface area contributed by atoms with Gasteiger partial charge >= 0.3 is 12.0 Å². The predicted molar refractivity (Wildman–Crippen MR) is 76.8 cm³/mol. The standard InChI is InChI=1S/C15H17N3O3/c1-10-3-2-4-13(12(10)8-16)17-15(21)18-6-5-11(9-18)7-14(19)20/h2-4,11H,5-7,9H2,1H3,(H,17,21)(H,19,20). The molecule has 1 fully saturated rings. The number of carbonyl (C=O) groups is 2. The Bertz CT molecular complexity index is 607. The van der Waals surface area contributed by atoms with Crippen LogP contribution in [0.3, 0.4) is 0 Å². The van der Waals surface area contributed by atoms with Crippen LogP contribution in [0.4, 0.5) is 10.5 Å². The number of benzene rings is 1. The zero-order chi connectivity index (χ0) is 15.4. The van der Waals surface area contributed by atoms with Crippen molar-refractivity contribution >= 4 is 17.7 Å². The lowest BCUT2D eigenvalue weighted by Crippen LogP contribution is -2.33. The van der Waals surface area contributed by atoms with Gasteiger partial charge in [-0.25, -0.2) is 4.79 Å². The van der Waals surface area contributed by atoms with Crippen LogP contribution < -0.4 is 5.32 Å². The highest BCUT2D eigenvalue weighted by atomic mass is 16.4. The van der Waals surface area contributed by atoms with Crippen molar-refractivity contribution in [1.29, 1.82) is 5.26 Å². The lowest BCUT2D eigenvalue weighted by atomic mass is 10.1. The van der Waals surface area contributed by atoms with E-state index >= 15 is 0 Å². The molecule has 21 heavy (non-hydrogen) atoms.